The number of nitrogens with zero attached hydrogens (tertiary/aromatic N) is 2. The number of halogens is 5. The van der Waals surface area contributed by atoms with Crippen molar-refractivity contribution in [2.75, 3.05) is 6.54 Å². The van der Waals surface area contributed by atoms with Crippen molar-refractivity contribution < 1.29 is 31.8 Å². The molecule has 31 heavy (non-hydrogen) atoms. The van der Waals surface area contributed by atoms with Crippen molar-refractivity contribution in [1.82, 2.24) is 0 Å². The van der Waals surface area contributed by atoms with E-state index < -0.39 is 40.8 Å². The fraction of sp³-hybridized carbons (Fsp3) is 0.364. The van der Waals surface area contributed by atoms with Gasteiger partial charge in [0.05, 0.1) is 11.6 Å². The lowest BCUT2D eigenvalue weighted by molar-refractivity contribution is -0.282. The molecule has 2 aromatic carbocycles. The zero-order valence-electron chi connectivity index (χ0n) is 16.4. The summed E-state index contributed by atoms with van der Waals surface area (Å²) in [6.07, 6.45) is 0.607. The molecular weight excluding hydrogens is 419 g/mol. The quantitative estimate of drug-likeness (QED) is 0.504. The Kier molecular flexibility index (Phi) is 4.81. The molecule has 0 unspecified atom stereocenters. The number of aliphatic hydroxyl groups is 1. The van der Waals surface area contributed by atoms with Crippen LogP contribution in [-0.2, 0) is 11.5 Å². The van der Waals surface area contributed by atoms with E-state index in [-0.39, 0.29) is 34.9 Å². The van der Waals surface area contributed by atoms with E-state index in [0.29, 0.717) is 6.42 Å². The van der Waals surface area contributed by atoms with Crippen LogP contribution in [0.4, 0.5) is 22.0 Å². The van der Waals surface area contributed by atoms with E-state index in [4.69, 9.17) is 10.00 Å². The Bertz CT molecular complexity index is 1140. The van der Waals surface area contributed by atoms with Gasteiger partial charge in [0, 0.05) is 41.4 Å². The lowest BCUT2D eigenvalue weighted by Crippen LogP contribution is -2.48. The van der Waals surface area contributed by atoms with Crippen LogP contribution in [0, 0.1) is 17.1 Å². The molecule has 1 atom stereocenters. The van der Waals surface area contributed by atoms with Crippen LogP contribution in [0.25, 0.3) is 0 Å². The minimum atomic E-state index is -4.75. The van der Waals surface area contributed by atoms with Gasteiger partial charge in [-0.3, -0.25) is 4.99 Å². The number of benzene rings is 2. The second-order valence-electron chi connectivity index (χ2n) is 7.62. The van der Waals surface area contributed by atoms with Gasteiger partial charge in [0.25, 0.3) is 0 Å². The molecule has 0 spiro atoms. The Morgan fingerprint density at radius 2 is 1.94 bits per heavy atom. The third kappa shape index (κ3) is 2.92. The second kappa shape index (κ2) is 7.02. The van der Waals surface area contributed by atoms with E-state index in [1.54, 1.807) is 6.07 Å². The number of nitriles is 1. The summed E-state index contributed by atoms with van der Waals surface area (Å²) in [6.45, 7) is 2.16. The highest BCUT2D eigenvalue weighted by atomic mass is 19.3. The van der Waals surface area contributed by atoms with E-state index >= 15 is 0 Å². The summed E-state index contributed by atoms with van der Waals surface area (Å²) in [4.78, 5) is 4.26. The molecule has 0 heterocycles. The van der Waals surface area contributed by atoms with Crippen LogP contribution in [-0.4, -0.2) is 23.3 Å². The van der Waals surface area contributed by atoms with Crippen molar-refractivity contribution in [2.24, 2.45) is 4.99 Å². The number of ether oxygens (including phenoxy) is 1. The smallest absolute Gasteiger partial charge is 0.346 e. The van der Waals surface area contributed by atoms with Crippen LogP contribution in [0.15, 0.2) is 35.3 Å². The van der Waals surface area contributed by atoms with Crippen molar-refractivity contribution in [1.29, 1.82) is 5.26 Å². The zero-order valence-corrected chi connectivity index (χ0v) is 16.4. The van der Waals surface area contributed by atoms with Crippen molar-refractivity contribution in [3.63, 3.8) is 0 Å². The summed E-state index contributed by atoms with van der Waals surface area (Å²) in [5, 5.41) is 19.7. The van der Waals surface area contributed by atoms with Gasteiger partial charge in [0.1, 0.15) is 17.3 Å². The van der Waals surface area contributed by atoms with Gasteiger partial charge in [0.15, 0.2) is 5.60 Å². The first kappa shape index (κ1) is 21.2. The Labute approximate surface area is 174 Å². The number of aliphatic imine (C=N–C) groups is 1. The Balaban J connectivity index is 1.90. The van der Waals surface area contributed by atoms with Gasteiger partial charge in [-0.15, -0.1) is 0 Å². The molecule has 2 aromatic rings. The molecule has 0 bridgehead atoms. The molecule has 0 aliphatic heterocycles. The van der Waals surface area contributed by atoms with Crippen LogP contribution in [0.3, 0.4) is 0 Å². The van der Waals surface area contributed by atoms with Gasteiger partial charge in [-0.05, 0) is 30.7 Å². The molecule has 0 aromatic heterocycles. The van der Waals surface area contributed by atoms with Gasteiger partial charge >= 0.3 is 11.8 Å². The molecule has 0 amide bonds. The van der Waals surface area contributed by atoms with E-state index in [1.165, 1.54) is 6.07 Å². The highest BCUT2D eigenvalue weighted by molar-refractivity contribution is 6.09. The molecule has 0 saturated heterocycles. The normalized spacial score (nSPS) is 23.6. The lowest BCUT2D eigenvalue weighted by Gasteiger charge is -2.29. The topological polar surface area (TPSA) is 65.6 Å². The molecule has 9 heteroatoms. The van der Waals surface area contributed by atoms with Gasteiger partial charge in [-0.1, -0.05) is 13.3 Å². The van der Waals surface area contributed by atoms with Crippen LogP contribution >= 0.6 is 0 Å². The minimum absolute atomic E-state index is 0.0230. The number of hydrogen-bond acceptors (Lipinski definition) is 4. The third-order valence-electron chi connectivity index (χ3n) is 5.59. The first-order valence-corrected chi connectivity index (χ1v) is 9.65. The SMILES string of the molecule is CCCC/N=C1\C[C@@]2(O)c3c(ccc(Oc4cc(F)cc(C#N)c4)c31)C(F)(F)C2(F)F. The average molecular weight is 436 g/mol. The summed E-state index contributed by atoms with van der Waals surface area (Å²) in [5.41, 5.74) is -4.90. The molecule has 4 nitrogen and oxygen atoms in total. The fourth-order valence-corrected chi connectivity index (χ4v) is 4.08. The zero-order chi connectivity index (χ0) is 22.6. The summed E-state index contributed by atoms with van der Waals surface area (Å²) in [6, 6.07) is 6.78. The maximum absolute atomic E-state index is 14.7. The molecular formula is C22H17F5N2O2. The standard InChI is InChI=1S/C22H17F5N2O2/c1-2-3-6-29-16-10-20(30)19-15(21(24,25)22(20,26)27)4-5-17(18(16)19)31-14-8-12(11-28)7-13(23)9-14/h4-5,7-9,30H,2-3,6,10H2,1H3/b29-16+/t20-/m1/s1. The van der Waals surface area contributed by atoms with Crippen molar-refractivity contribution in [3.05, 3.63) is 58.4 Å². The van der Waals surface area contributed by atoms with Gasteiger partial charge < -0.3 is 9.84 Å². The lowest BCUT2D eigenvalue weighted by atomic mass is 9.94. The van der Waals surface area contributed by atoms with Crippen molar-refractivity contribution in [2.45, 2.75) is 43.6 Å². The molecule has 0 saturated carbocycles. The summed E-state index contributed by atoms with van der Waals surface area (Å²) in [7, 11) is 0. The molecule has 1 N–H and O–H groups in total. The van der Waals surface area contributed by atoms with Crippen LogP contribution < -0.4 is 4.74 Å². The molecule has 0 radical (unpaired) electrons. The molecule has 162 valence electrons. The number of unbranched alkanes of at least 4 members (excludes halogenated alkanes) is 1. The van der Waals surface area contributed by atoms with Crippen LogP contribution in [0.2, 0.25) is 0 Å². The van der Waals surface area contributed by atoms with Gasteiger partial charge in [-0.2, -0.15) is 22.8 Å². The summed E-state index contributed by atoms with van der Waals surface area (Å²) < 4.78 is 77.8. The molecule has 2 aliphatic carbocycles. The Morgan fingerprint density at radius 3 is 2.61 bits per heavy atom. The maximum Gasteiger partial charge on any atom is 0.346 e. The predicted octanol–water partition coefficient (Wildman–Crippen LogP) is 5.41. The summed E-state index contributed by atoms with van der Waals surface area (Å²) in [5.74, 6) is -10.3. The third-order valence-corrected chi connectivity index (χ3v) is 5.59. The molecule has 0 fully saturated rings. The van der Waals surface area contributed by atoms with Gasteiger partial charge in [-0.25, -0.2) is 4.39 Å². The average Bonchev–Trinajstić information content (AvgIpc) is 3.07. The van der Waals surface area contributed by atoms with Crippen LogP contribution in [0.1, 0.15) is 48.4 Å². The fourth-order valence-electron chi connectivity index (χ4n) is 4.08. The highest BCUT2D eigenvalue weighted by Gasteiger charge is 2.78. The first-order chi connectivity index (χ1) is 14.6. The van der Waals surface area contributed by atoms with Crippen LogP contribution in [0.5, 0.6) is 11.5 Å². The van der Waals surface area contributed by atoms with E-state index in [0.717, 1.165) is 30.7 Å². The predicted molar refractivity (Wildman–Crippen MR) is 101 cm³/mol. The monoisotopic (exact) mass is 436 g/mol. The minimum Gasteiger partial charge on any atom is -0.457 e. The largest absolute Gasteiger partial charge is 0.457 e. The molecule has 4 rings (SSSR count). The maximum atomic E-state index is 14.7. The summed E-state index contributed by atoms with van der Waals surface area (Å²) >= 11 is 0. The number of alkyl halides is 4. The number of rotatable bonds is 5. The Hall–Kier alpha value is -2.99. The molecule has 2 aliphatic rings. The Morgan fingerprint density at radius 1 is 1.19 bits per heavy atom. The van der Waals surface area contributed by atoms with Crippen molar-refractivity contribution in [3.8, 4) is 17.6 Å². The number of hydrogen-bond donors (Lipinski definition) is 1. The first-order valence-electron chi connectivity index (χ1n) is 9.65. The van der Waals surface area contributed by atoms with E-state index in [2.05, 4.69) is 4.99 Å². The van der Waals surface area contributed by atoms with E-state index in [9.17, 15) is 27.1 Å². The van der Waals surface area contributed by atoms with Gasteiger partial charge in [0.2, 0.25) is 0 Å². The van der Waals surface area contributed by atoms with Crippen molar-refractivity contribution >= 4 is 5.71 Å². The second-order valence-corrected chi connectivity index (χ2v) is 7.62. The van der Waals surface area contributed by atoms with E-state index in [1.807, 2.05) is 6.92 Å². The highest BCUT2D eigenvalue weighted by Crippen LogP contribution is 2.66.